The molecule has 1 rings (SSSR count). The van der Waals surface area contributed by atoms with E-state index < -0.39 is 0 Å². The molecule has 0 aliphatic carbocycles. The fourth-order valence-corrected chi connectivity index (χ4v) is 1.64. The predicted octanol–water partition coefficient (Wildman–Crippen LogP) is 2.70. The lowest BCUT2D eigenvalue weighted by molar-refractivity contribution is -0.123. The van der Waals surface area contributed by atoms with E-state index in [0.717, 1.165) is 12.0 Å². The summed E-state index contributed by atoms with van der Waals surface area (Å²) in [4.78, 5) is 11.9. The quantitative estimate of drug-likeness (QED) is 0.804. The molecule has 1 aromatic rings. The lowest BCUT2D eigenvalue weighted by Crippen LogP contribution is -2.34. The van der Waals surface area contributed by atoms with Gasteiger partial charge in [0.25, 0.3) is 0 Å². The zero-order valence-electron chi connectivity index (χ0n) is 9.66. The highest BCUT2D eigenvalue weighted by Crippen LogP contribution is 2.19. The summed E-state index contributed by atoms with van der Waals surface area (Å²) in [6, 6.07) is 10.1. The molecule has 1 atom stereocenters. The minimum Gasteiger partial charge on any atom is -0.353 e. The van der Waals surface area contributed by atoms with Crippen molar-refractivity contribution in [2.24, 2.45) is 0 Å². The highest BCUT2D eigenvalue weighted by atomic mass is 16.1. The summed E-state index contributed by atoms with van der Waals surface area (Å²) >= 11 is 0. The van der Waals surface area contributed by atoms with Crippen LogP contribution < -0.4 is 5.32 Å². The summed E-state index contributed by atoms with van der Waals surface area (Å²) < 4.78 is 0. The monoisotopic (exact) mass is 205 g/mol. The molecule has 15 heavy (non-hydrogen) atoms. The average molecular weight is 205 g/mol. The lowest BCUT2D eigenvalue weighted by atomic mass is 9.95. The predicted molar refractivity (Wildman–Crippen MR) is 62.8 cm³/mol. The molecular formula is C13H19NO. The maximum absolute atomic E-state index is 11.9. The number of rotatable bonds is 4. The minimum atomic E-state index is -0.0198. The van der Waals surface area contributed by atoms with Crippen LogP contribution in [0.4, 0.5) is 0 Å². The van der Waals surface area contributed by atoms with Gasteiger partial charge in [-0.3, -0.25) is 4.79 Å². The van der Waals surface area contributed by atoms with Gasteiger partial charge in [0, 0.05) is 6.04 Å². The van der Waals surface area contributed by atoms with E-state index in [1.165, 1.54) is 0 Å². The average Bonchev–Trinajstić information content (AvgIpc) is 2.19. The summed E-state index contributed by atoms with van der Waals surface area (Å²) in [5.41, 5.74) is 1.10. The van der Waals surface area contributed by atoms with Gasteiger partial charge in [-0.2, -0.15) is 0 Å². The molecule has 0 radical (unpaired) electrons. The Labute approximate surface area is 91.7 Å². The van der Waals surface area contributed by atoms with Crippen LogP contribution in [0.25, 0.3) is 0 Å². The van der Waals surface area contributed by atoms with Crippen molar-refractivity contribution in [1.29, 1.82) is 0 Å². The Balaban J connectivity index is 2.76. The van der Waals surface area contributed by atoms with Gasteiger partial charge in [-0.25, -0.2) is 0 Å². The van der Waals surface area contributed by atoms with E-state index in [9.17, 15) is 4.79 Å². The van der Waals surface area contributed by atoms with Crippen molar-refractivity contribution in [1.82, 2.24) is 5.32 Å². The molecule has 0 spiro atoms. The first kappa shape index (κ1) is 11.8. The molecular weight excluding hydrogens is 186 g/mol. The van der Waals surface area contributed by atoms with Crippen molar-refractivity contribution in [2.75, 3.05) is 0 Å². The van der Waals surface area contributed by atoms with Gasteiger partial charge in [-0.05, 0) is 25.8 Å². The topological polar surface area (TPSA) is 29.1 Å². The Morgan fingerprint density at radius 1 is 1.27 bits per heavy atom. The van der Waals surface area contributed by atoms with Gasteiger partial charge in [0.1, 0.15) is 0 Å². The van der Waals surface area contributed by atoms with Crippen LogP contribution in [0.15, 0.2) is 30.3 Å². The van der Waals surface area contributed by atoms with Gasteiger partial charge in [0.2, 0.25) is 5.91 Å². The fraction of sp³-hybridized carbons (Fsp3) is 0.462. The normalized spacial score (nSPS) is 12.5. The largest absolute Gasteiger partial charge is 0.353 e. The Morgan fingerprint density at radius 2 is 1.87 bits per heavy atom. The van der Waals surface area contributed by atoms with Crippen LogP contribution in [0.3, 0.4) is 0 Å². The van der Waals surface area contributed by atoms with Crippen LogP contribution in [0, 0.1) is 0 Å². The number of carbonyl (C=O) groups excluding carboxylic acids is 1. The Bertz CT molecular complexity index is 306. The van der Waals surface area contributed by atoms with E-state index in [2.05, 4.69) is 5.32 Å². The van der Waals surface area contributed by atoms with Crippen molar-refractivity contribution in [2.45, 2.75) is 39.2 Å². The summed E-state index contributed by atoms with van der Waals surface area (Å²) in [5.74, 6) is 0.104. The van der Waals surface area contributed by atoms with E-state index in [-0.39, 0.29) is 17.9 Å². The zero-order chi connectivity index (χ0) is 11.3. The standard InChI is InChI=1S/C13H19NO/c1-4-12(13(15)14-10(2)3)11-8-6-5-7-9-11/h5-10,12H,4H2,1-3H3,(H,14,15)/t12-/m0/s1. The summed E-state index contributed by atoms with van der Waals surface area (Å²) in [6.45, 7) is 6.00. The zero-order valence-corrected chi connectivity index (χ0v) is 9.66. The smallest absolute Gasteiger partial charge is 0.227 e. The van der Waals surface area contributed by atoms with Crippen LogP contribution in [0.1, 0.15) is 38.7 Å². The first-order valence-corrected chi connectivity index (χ1v) is 5.50. The number of amides is 1. The first-order valence-electron chi connectivity index (χ1n) is 5.50. The molecule has 0 bridgehead atoms. The van der Waals surface area contributed by atoms with Crippen molar-refractivity contribution in [3.05, 3.63) is 35.9 Å². The lowest BCUT2D eigenvalue weighted by Gasteiger charge is -2.17. The fourth-order valence-electron chi connectivity index (χ4n) is 1.64. The molecule has 0 aliphatic heterocycles. The number of hydrogen-bond acceptors (Lipinski definition) is 1. The Hall–Kier alpha value is -1.31. The maximum atomic E-state index is 11.9. The number of benzene rings is 1. The minimum absolute atomic E-state index is 0.0198. The van der Waals surface area contributed by atoms with Gasteiger partial charge in [-0.1, -0.05) is 37.3 Å². The maximum Gasteiger partial charge on any atom is 0.227 e. The molecule has 0 aromatic heterocycles. The molecule has 1 amide bonds. The SMILES string of the molecule is CC[C@H](C(=O)NC(C)C)c1ccccc1. The highest BCUT2D eigenvalue weighted by Gasteiger charge is 2.18. The second-order valence-electron chi connectivity index (χ2n) is 4.03. The van der Waals surface area contributed by atoms with E-state index >= 15 is 0 Å². The third kappa shape index (κ3) is 3.39. The van der Waals surface area contributed by atoms with Gasteiger partial charge in [0.15, 0.2) is 0 Å². The van der Waals surface area contributed by atoms with E-state index in [1.807, 2.05) is 51.1 Å². The van der Waals surface area contributed by atoms with E-state index in [1.54, 1.807) is 0 Å². The van der Waals surface area contributed by atoms with Crippen molar-refractivity contribution < 1.29 is 4.79 Å². The van der Waals surface area contributed by atoms with Crippen LogP contribution in [0.5, 0.6) is 0 Å². The molecule has 0 heterocycles. The molecule has 0 unspecified atom stereocenters. The second kappa shape index (κ2) is 5.54. The van der Waals surface area contributed by atoms with E-state index in [0.29, 0.717) is 0 Å². The second-order valence-corrected chi connectivity index (χ2v) is 4.03. The van der Waals surface area contributed by atoms with Crippen molar-refractivity contribution in [3.8, 4) is 0 Å². The third-order valence-electron chi connectivity index (χ3n) is 2.36. The number of carbonyl (C=O) groups is 1. The molecule has 1 aromatic carbocycles. The Morgan fingerprint density at radius 3 is 2.33 bits per heavy atom. The van der Waals surface area contributed by atoms with Crippen molar-refractivity contribution >= 4 is 5.91 Å². The van der Waals surface area contributed by atoms with Crippen LogP contribution in [-0.4, -0.2) is 11.9 Å². The molecule has 0 saturated carbocycles. The summed E-state index contributed by atoms with van der Waals surface area (Å²) in [5, 5.41) is 2.95. The number of nitrogens with one attached hydrogen (secondary N) is 1. The first-order chi connectivity index (χ1) is 7.15. The van der Waals surface area contributed by atoms with Crippen molar-refractivity contribution in [3.63, 3.8) is 0 Å². The number of hydrogen-bond donors (Lipinski definition) is 1. The highest BCUT2D eigenvalue weighted by molar-refractivity contribution is 5.83. The summed E-state index contributed by atoms with van der Waals surface area (Å²) in [7, 11) is 0. The molecule has 2 heteroatoms. The van der Waals surface area contributed by atoms with Crippen LogP contribution in [-0.2, 0) is 4.79 Å². The molecule has 82 valence electrons. The van der Waals surface area contributed by atoms with Crippen LogP contribution >= 0.6 is 0 Å². The van der Waals surface area contributed by atoms with Gasteiger partial charge < -0.3 is 5.32 Å². The van der Waals surface area contributed by atoms with Crippen LogP contribution in [0.2, 0.25) is 0 Å². The van der Waals surface area contributed by atoms with Gasteiger partial charge in [-0.15, -0.1) is 0 Å². The molecule has 1 N–H and O–H groups in total. The Kier molecular flexibility index (Phi) is 4.35. The third-order valence-corrected chi connectivity index (χ3v) is 2.36. The van der Waals surface area contributed by atoms with Gasteiger partial charge >= 0.3 is 0 Å². The molecule has 2 nitrogen and oxygen atoms in total. The molecule has 0 fully saturated rings. The molecule has 0 saturated heterocycles. The van der Waals surface area contributed by atoms with Gasteiger partial charge in [0.05, 0.1) is 5.92 Å². The summed E-state index contributed by atoms with van der Waals surface area (Å²) in [6.07, 6.45) is 0.836. The van der Waals surface area contributed by atoms with E-state index in [4.69, 9.17) is 0 Å². The molecule has 0 aliphatic rings.